The van der Waals surface area contributed by atoms with E-state index in [4.69, 9.17) is 4.42 Å². The molecule has 1 aromatic heterocycles. The molecule has 0 saturated heterocycles. The molecular weight excluding hydrogens is 412 g/mol. The largest absolute Gasteiger partial charge is 0.455 e. The normalized spacial score (nSPS) is 11.7. The van der Waals surface area contributed by atoms with E-state index in [0.29, 0.717) is 0 Å². The van der Waals surface area contributed by atoms with Crippen molar-refractivity contribution >= 4 is 43.5 Å². The van der Waals surface area contributed by atoms with Gasteiger partial charge in [-0.15, -0.1) is 0 Å². The van der Waals surface area contributed by atoms with Gasteiger partial charge in [-0.25, -0.2) is 0 Å². The number of rotatable bonds is 2. The Morgan fingerprint density at radius 2 is 1.15 bits per heavy atom. The summed E-state index contributed by atoms with van der Waals surface area (Å²) in [7, 11) is 0. The van der Waals surface area contributed by atoms with Gasteiger partial charge in [0.2, 0.25) is 0 Å². The summed E-state index contributed by atoms with van der Waals surface area (Å²) >= 11 is 0. The first-order valence-electron chi connectivity index (χ1n) is 11.7. The highest BCUT2D eigenvalue weighted by Crippen LogP contribution is 2.40. The van der Waals surface area contributed by atoms with Crippen LogP contribution in [0.1, 0.15) is 5.56 Å². The first-order valence-corrected chi connectivity index (χ1v) is 11.7. The van der Waals surface area contributed by atoms with Crippen LogP contribution in [0.25, 0.3) is 65.7 Å². The number of hydrogen-bond acceptors (Lipinski definition) is 1. The van der Waals surface area contributed by atoms with E-state index in [9.17, 15) is 0 Å². The number of hydrogen-bond donors (Lipinski definition) is 0. The summed E-state index contributed by atoms with van der Waals surface area (Å²) in [6.07, 6.45) is 0. The smallest absolute Gasteiger partial charge is 0.143 e. The predicted molar refractivity (Wildman–Crippen MR) is 144 cm³/mol. The van der Waals surface area contributed by atoms with Crippen molar-refractivity contribution in [3.63, 3.8) is 0 Å². The van der Waals surface area contributed by atoms with E-state index < -0.39 is 0 Å². The summed E-state index contributed by atoms with van der Waals surface area (Å²) in [6, 6.07) is 41.3. The Morgan fingerprint density at radius 1 is 0.471 bits per heavy atom. The molecule has 7 rings (SSSR count). The summed E-state index contributed by atoms with van der Waals surface area (Å²) in [5.74, 6) is 0. The molecule has 0 atom stereocenters. The van der Waals surface area contributed by atoms with Gasteiger partial charge >= 0.3 is 0 Å². The molecule has 6 aromatic carbocycles. The Balaban J connectivity index is 1.38. The highest BCUT2D eigenvalue weighted by molar-refractivity contribution is 6.21. The lowest BCUT2D eigenvalue weighted by molar-refractivity contribution is 0.667. The molecule has 7 aromatic rings. The molecule has 0 saturated carbocycles. The van der Waals surface area contributed by atoms with Crippen molar-refractivity contribution < 1.29 is 4.42 Å². The van der Waals surface area contributed by atoms with Gasteiger partial charge in [-0.05, 0) is 62.9 Å². The SMILES string of the molecule is Cc1cc2ccccc2c2c1oc1c(-c3ccc(-c4ccc5ccccc5c4)cc3)cccc12. The van der Waals surface area contributed by atoms with Gasteiger partial charge in [0.25, 0.3) is 0 Å². The summed E-state index contributed by atoms with van der Waals surface area (Å²) in [5, 5.41) is 7.40. The quantitative estimate of drug-likeness (QED) is 0.264. The Bertz CT molecular complexity index is 1850. The van der Waals surface area contributed by atoms with Gasteiger partial charge in [-0.1, -0.05) is 103 Å². The first-order chi connectivity index (χ1) is 16.8. The molecule has 0 aliphatic carbocycles. The van der Waals surface area contributed by atoms with Crippen molar-refractivity contribution in [3.8, 4) is 22.3 Å². The molecule has 0 aliphatic heterocycles. The van der Waals surface area contributed by atoms with Crippen LogP contribution < -0.4 is 0 Å². The van der Waals surface area contributed by atoms with E-state index in [0.717, 1.165) is 22.3 Å². The van der Waals surface area contributed by atoms with Crippen molar-refractivity contribution in [1.82, 2.24) is 0 Å². The molecular formula is C33H22O. The van der Waals surface area contributed by atoms with Crippen LogP contribution >= 0.6 is 0 Å². The van der Waals surface area contributed by atoms with Crippen molar-refractivity contribution in [2.45, 2.75) is 6.92 Å². The third-order valence-corrected chi connectivity index (χ3v) is 6.95. The molecule has 0 aliphatic rings. The van der Waals surface area contributed by atoms with Crippen LogP contribution in [0.5, 0.6) is 0 Å². The molecule has 160 valence electrons. The first kappa shape index (κ1) is 19.1. The van der Waals surface area contributed by atoms with Crippen molar-refractivity contribution in [2.75, 3.05) is 0 Å². The maximum atomic E-state index is 6.54. The van der Waals surface area contributed by atoms with Crippen LogP contribution in [0, 0.1) is 6.92 Å². The van der Waals surface area contributed by atoms with Crippen LogP contribution in [-0.4, -0.2) is 0 Å². The van der Waals surface area contributed by atoms with Gasteiger partial charge in [-0.2, -0.15) is 0 Å². The summed E-state index contributed by atoms with van der Waals surface area (Å²) in [4.78, 5) is 0. The van der Waals surface area contributed by atoms with E-state index in [1.165, 1.54) is 49.0 Å². The fraction of sp³-hybridized carbons (Fsp3) is 0.0303. The standard InChI is InChI=1S/C33H22O/c1-21-19-27-9-4-5-10-28(27)31-30-12-6-11-29(33(30)34-32(21)31)24-16-13-23(14-17-24)26-18-15-22-7-2-3-8-25(22)20-26/h2-20H,1H3. The topological polar surface area (TPSA) is 13.1 Å². The van der Waals surface area contributed by atoms with Gasteiger partial charge in [0.1, 0.15) is 11.2 Å². The zero-order chi connectivity index (χ0) is 22.6. The minimum atomic E-state index is 0.954. The Kier molecular flexibility index (Phi) is 4.13. The van der Waals surface area contributed by atoms with E-state index in [2.05, 4.69) is 122 Å². The molecule has 0 N–H and O–H groups in total. The molecule has 0 unspecified atom stereocenters. The number of aryl methyl sites for hydroxylation is 1. The minimum absolute atomic E-state index is 0.954. The van der Waals surface area contributed by atoms with Crippen molar-refractivity contribution in [3.05, 3.63) is 121 Å². The average molecular weight is 435 g/mol. The summed E-state index contributed by atoms with van der Waals surface area (Å²) in [5.41, 5.74) is 7.84. The van der Waals surface area contributed by atoms with Gasteiger partial charge in [0.15, 0.2) is 0 Å². The lowest BCUT2D eigenvalue weighted by Crippen LogP contribution is -1.82. The zero-order valence-electron chi connectivity index (χ0n) is 18.9. The summed E-state index contributed by atoms with van der Waals surface area (Å²) < 4.78 is 6.54. The minimum Gasteiger partial charge on any atom is -0.455 e. The lowest BCUT2D eigenvalue weighted by Gasteiger charge is -2.07. The lowest BCUT2D eigenvalue weighted by atomic mass is 9.96. The molecule has 0 radical (unpaired) electrons. The fourth-order valence-electron chi connectivity index (χ4n) is 5.25. The molecule has 0 bridgehead atoms. The zero-order valence-corrected chi connectivity index (χ0v) is 18.9. The van der Waals surface area contributed by atoms with E-state index in [-0.39, 0.29) is 0 Å². The van der Waals surface area contributed by atoms with Crippen molar-refractivity contribution in [1.29, 1.82) is 0 Å². The molecule has 1 heterocycles. The molecule has 0 amide bonds. The molecule has 34 heavy (non-hydrogen) atoms. The number of benzene rings is 6. The van der Waals surface area contributed by atoms with Crippen LogP contribution in [0.15, 0.2) is 120 Å². The van der Waals surface area contributed by atoms with Crippen LogP contribution in [0.3, 0.4) is 0 Å². The molecule has 0 spiro atoms. The molecule has 1 nitrogen and oxygen atoms in total. The third kappa shape index (κ3) is 2.87. The highest BCUT2D eigenvalue weighted by atomic mass is 16.3. The van der Waals surface area contributed by atoms with Crippen LogP contribution in [-0.2, 0) is 0 Å². The van der Waals surface area contributed by atoms with Gasteiger partial charge < -0.3 is 4.42 Å². The third-order valence-electron chi connectivity index (χ3n) is 6.95. The highest BCUT2D eigenvalue weighted by Gasteiger charge is 2.16. The van der Waals surface area contributed by atoms with Gasteiger partial charge in [-0.3, -0.25) is 0 Å². The van der Waals surface area contributed by atoms with Crippen LogP contribution in [0.4, 0.5) is 0 Å². The van der Waals surface area contributed by atoms with Gasteiger partial charge in [0.05, 0.1) is 0 Å². The Hall–Kier alpha value is -4.36. The second-order valence-electron chi connectivity index (χ2n) is 9.04. The monoisotopic (exact) mass is 434 g/mol. The molecule has 1 heteroatoms. The van der Waals surface area contributed by atoms with Crippen molar-refractivity contribution in [2.24, 2.45) is 0 Å². The van der Waals surface area contributed by atoms with E-state index in [1.807, 2.05) is 0 Å². The Morgan fingerprint density at radius 3 is 2.00 bits per heavy atom. The second-order valence-corrected chi connectivity index (χ2v) is 9.04. The number of furan rings is 1. The predicted octanol–water partition coefficient (Wildman–Crippen LogP) is 9.53. The molecule has 0 fully saturated rings. The van der Waals surface area contributed by atoms with Crippen LogP contribution in [0.2, 0.25) is 0 Å². The maximum absolute atomic E-state index is 6.54. The summed E-state index contributed by atoms with van der Waals surface area (Å²) in [6.45, 7) is 2.13. The van der Waals surface area contributed by atoms with E-state index in [1.54, 1.807) is 0 Å². The second kappa shape index (κ2) is 7.33. The number of para-hydroxylation sites is 1. The Labute approximate surface area is 197 Å². The fourth-order valence-corrected chi connectivity index (χ4v) is 5.25. The number of fused-ring (bicyclic) bond motifs is 6. The van der Waals surface area contributed by atoms with Gasteiger partial charge in [0, 0.05) is 16.3 Å². The average Bonchev–Trinajstić information content (AvgIpc) is 3.30. The maximum Gasteiger partial charge on any atom is 0.143 e. The van der Waals surface area contributed by atoms with E-state index >= 15 is 0 Å².